The minimum absolute atomic E-state index is 0.179. The number of anilines is 1. The van der Waals surface area contributed by atoms with Crippen molar-refractivity contribution in [3.63, 3.8) is 0 Å². The van der Waals surface area contributed by atoms with Crippen LogP contribution in [0.1, 0.15) is 56.3 Å². The minimum Gasteiger partial charge on any atom is -0.494 e. The van der Waals surface area contributed by atoms with Crippen molar-refractivity contribution in [2.24, 2.45) is 0 Å². The van der Waals surface area contributed by atoms with Crippen LogP contribution < -0.4 is 14.8 Å². The predicted molar refractivity (Wildman–Crippen MR) is 106 cm³/mol. The lowest BCUT2D eigenvalue weighted by Crippen LogP contribution is -2.14. The third-order valence-corrected chi connectivity index (χ3v) is 4.00. The highest BCUT2D eigenvalue weighted by Gasteiger charge is 2.12. The number of para-hydroxylation sites is 1. The maximum atomic E-state index is 12.7. The van der Waals surface area contributed by atoms with E-state index in [1.54, 1.807) is 6.07 Å². The Bertz CT molecular complexity index is 685. The van der Waals surface area contributed by atoms with Crippen LogP contribution in [0.15, 0.2) is 48.5 Å². The van der Waals surface area contributed by atoms with E-state index in [1.807, 2.05) is 42.5 Å². The summed E-state index contributed by atoms with van der Waals surface area (Å²) in [6.07, 6.45) is 5.36. The van der Waals surface area contributed by atoms with Gasteiger partial charge < -0.3 is 14.8 Å². The van der Waals surface area contributed by atoms with Crippen LogP contribution in [0.3, 0.4) is 0 Å². The summed E-state index contributed by atoms with van der Waals surface area (Å²) in [6.45, 7) is 5.59. The quantitative estimate of drug-likeness (QED) is 0.527. The Morgan fingerprint density at radius 1 is 0.885 bits per heavy atom. The van der Waals surface area contributed by atoms with Crippen LogP contribution in [0.2, 0.25) is 0 Å². The fourth-order valence-electron chi connectivity index (χ4n) is 2.51. The largest absolute Gasteiger partial charge is 0.494 e. The van der Waals surface area contributed by atoms with Crippen molar-refractivity contribution >= 4 is 11.6 Å². The van der Waals surface area contributed by atoms with Crippen LogP contribution in [-0.4, -0.2) is 19.1 Å². The number of benzene rings is 2. The molecule has 0 fully saturated rings. The van der Waals surface area contributed by atoms with Gasteiger partial charge in [-0.15, -0.1) is 0 Å². The van der Waals surface area contributed by atoms with Crippen LogP contribution in [0.5, 0.6) is 11.5 Å². The molecule has 0 unspecified atom stereocenters. The zero-order valence-electron chi connectivity index (χ0n) is 15.8. The molecule has 0 heterocycles. The lowest BCUT2D eigenvalue weighted by Gasteiger charge is -2.12. The van der Waals surface area contributed by atoms with Crippen molar-refractivity contribution in [1.29, 1.82) is 0 Å². The average Bonchev–Trinajstić information content (AvgIpc) is 2.66. The van der Waals surface area contributed by atoms with E-state index in [1.165, 1.54) is 0 Å². The number of unbranched alkanes of at least 4 members (excludes halogenated alkanes) is 3. The molecule has 0 atom stereocenters. The standard InChI is InChI=1S/C22H29NO3/c1-3-5-9-16-26-21-14-8-7-13-20(21)22(24)23-18-11-10-12-19(17-18)25-15-6-4-2/h7-8,10-14,17H,3-6,9,15-16H2,1-2H3,(H,23,24). The van der Waals surface area contributed by atoms with E-state index >= 15 is 0 Å². The Labute approximate surface area is 156 Å². The van der Waals surface area contributed by atoms with Gasteiger partial charge in [-0.25, -0.2) is 0 Å². The lowest BCUT2D eigenvalue weighted by atomic mass is 10.1. The van der Waals surface area contributed by atoms with Crippen LogP contribution in [0, 0.1) is 0 Å². The second-order valence-corrected chi connectivity index (χ2v) is 6.24. The van der Waals surface area contributed by atoms with Crippen molar-refractivity contribution < 1.29 is 14.3 Å². The molecule has 0 saturated carbocycles. The first-order valence-corrected chi connectivity index (χ1v) is 9.50. The molecule has 4 heteroatoms. The molecular formula is C22H29NO3. The second kappa shape index (κ2) is 11.2. The number of hydrogen-bond acceptors (Lipinski definition) is 3. The molecule has 0 aromatic heterocycles. The number of amides is 1. The van der Waals surface area contributed by atoms with E-state index in [4.69, 9.17) is 9.47 Å². The van der Waals surface area contributed by atoms with Gasteiger partial charge in [-0.2, -0.15) is 0 Å². The van der Waals surface area contributed by atoms with Crippen molar-refractivity contribution in [1.82, 2.24) is 0 Å². The molecular weight excluding hydrogens is 326 g/mol. The molecule has 1 N–H and O–H groups in total. The molecule has 0 saturated heterocycles. The molecule has 4 nitrogen and oxygen atoms in total. The van der Waals surface area contributed by atoms with E-state index in [0.717, 1.165) is 37.9 Å². The Hall–Kier alpha value is -2.49. The smallest absolute Gasteiger partial charge is 0.259 e. The van der Waals surface area contributed by atoms with Gasteiger partial charge in [0.1, 0.15) is 11.5 Å². The summed E-state index contributed by atoms with van der Waals surface area (Å²) in [7, 11) is 0. The molecule has 2 aromatic rings. The molecule has 26 heavy (non-hydrogen) atoms. The van der Waals surface area contributed by atoms with Gasteiger partial charge in [0.05, 0.1) is 18.8 Å². The highest BCUT2D eigenvalue weighted by atomic mass is 16.5. The highest BCUT2D eigenvalue weighted by Crippen LogP contribution is 2.22. The maximum absolute atomic E-state index is 12.7. The summed E-state index contributed by atoms with van der Waals surface area (Å²) in [5, 5.41) is 2.93. The summed E-state index contributed by atoms with van der Waals surface area (Å²) in [4.78, 5) is 12.7. The third-order valence-electron chi connectivity index (χ3n) is 4.00. The summed E-state index contributed by atoms with van der Waals surface area (Å²) in [6, 6.07) is 14.8. The number of nitrogens with one attached hydrogen (secondary N) is 1. The van der Waals surface area contributed by atoms with Crippen molar-refractivity contribution in [3.8, 4) is 11.5 Å². The van der Waals surface area contributed by atoms with Crippen LogP contribution >= 0.6 is 0 Å². The summed E-state index contributed by atoms with van der Waals surface area (Å²) >= 11 is 0. The molecule has 0 aliphatic rings. The van der Waals surface area contributed by atoms with Crippen molar-refractivity contribution in [2.45, 2.75) is 46.0 Å². The number of hydrogen-bond donors (Lipinski definition) is 1. The van der Waals surface area contributed by atoms with Gasteiger partial charge in [0.2, 0.25) is 0 Å². The molecule has 140 valence electrons. The van der Waals surface area contributed by atoms with Crippen molar-refractivity contribution in [2.75, 3.05) is 18.5 Å². The predicted octanol–water partition coefficient (Wildman–Crippen LogP) is 5.69. The van der Waals surface area contributed by atoms with Gasteiger partial charge in [0.15, 0.2) is 0 Å². The minimum atomic E-state index is -0.179. The first kappa shape index (κ1) is 19.8. The zero-order valence-corrected chi connectivity index (χ0v) is 15.8. The molecule has 2 rings (SSSR count). The van der Waals surface area contributed by atoms with Gasteiger partial charge in [-0.3, -0.25) is 4.79 Å². The first-order valence-electron chi connectivity index (χ1n) is 9.50. The molecule has 0 spiro atoms. The number of rotatable bonds is 11. The fourth-order valence-corrected chi connectivity index (χ4v) is 2.51. The summed E-state index contributed by atoms with van der Waals surface area (Å²) in [5.41, 5.74) is 1.26. The van der Waals surface area contributed by atoms with Gasteiger partial charge >= 0.3 is 0 Å². The molecule has 0 radical (unpaired) electrons. The summed E-state index contributed by atoms with van der Waals surface area (Å²) in [5.74, 6) is 1.21. The Morgan fingerprint density at radius 2 is 1.65 bits per heavy atom. The van der Waals surface area contributed by atoms with Crippen molar-refractivity contribution in [3.05, 3.63) is 54.1 Å². The Kier molecular flexibility index (Phi) is 8.53. The monoisotopic (exact) mass is 355 g/mol. The molecule has 2 aromatic carbocycles. The SMILES string of the molecule is CCCCCOc1ccccc1C(=O)Nc1cccc(OCCCC)c1. The van der Waals surface area contributed by atoms with Crippen LogP contribution in [-0.2, 0) is 0 Å². The van der Waals surface area contributed by atoms with E-state index in [2.05, 4.69) is 19.2 Å². The van der Waals surface area contributed by atoms with E-state index < -0.39 is 0 Å². The second-order valence-electron chi connectivity index (χ2n) is 6.24. The van der Waals surface area contributed by atoms with Gasteiger partial charge in [0.25, 0.3) is 5.91 Å². The molecule has 0 aliphatic heterocycles. The zero-order chi connectivity index (χ0) is 18.6. The lowest BCUT2D eigenvalue weighted by molar-refractivity contribution is 0.102. The average molecular weight is 355 g/mol. The van der Waals surface area contributed by atoms with Gasteiger partial charge in [-0.1, -0.05) is 51.3 Å². The first-order chi connectivity index (χ1) is 12.7. The number of carbonyl (C=O) groups is 1. The highest BCUT2D eigenvalue weighted by molar-refractivity contribution is 6.06. The van der Waals surface area contributed by atoms with Crippen LogP contribution in [0.25, 0.3) is 0 Å². The topological polar surface area (TPSA) is 47.6 Å². The Morgan fingerprint density at radius 3 is 2.46 bits per heavy atom. The number of carbonyl (C=O) groups excluding carboxylic acids is 1. The van der Waals surface area contributed by atoms with E-state index in [-0.39, 0.29) is 5.91 Å². The number of ether oxygens (including phenoxy) is 2. The molecule has 1 amide bonds. The van der Waals surface area contributed by atoms with Gasteiger partial charge in [-0.05, 0) is 37.1 Å². The van der Waals surface area contributed by atoms with Crippen LogP contribution in [0.4, 0.5) is 5.69 Å². The van der Waals surface area contributed by atoms with Gasteiger partial charge in [0, 0.05) is 11.8 Å². The normalized spacial score (nSPS) is 10.4. The third kappa shape index (κ3) is 6.43. The maximum Gasteiger partial charge on any atom is 0.259 e. The van der Waals surface area contributed by atoms with E-state index in [9.17, 15) is 4.79 Å². The molecule has 0 aliphatic carbocycles. The van der Waals surface area contributed by atoms with E-state index in [0.29, 0.717) is 30.2 Å². The fraction of sp³-hybridized carbons (Fsp3) is 0.409. The Balaban J connectivity index is 2.00. The molecule has 0 bridgehead atoms. The summed E-state index contributed by atoms with van der Waals surface area (Å²) < 4.78 is 11.5.